The van der Waals surface area contributed by atoms with E-state index in [1.807, 2.05) is 18.2 Å². The van der Waals surface area contributed by atoms with Crippen LogP contribution < -0.4 is 5.73 Å². The number of hydrogen-bond acceptors (Lipinski definition) is 1. The van der Waals surface area contributed by atoms with Crippen LogP contribution in [-0.4, -0.2) is 0 Å². The maximum Gasteiger partial charge on any atom is 0.126 e. The van der Waals surface area contributed by atoms with Crippen LogP contribution in [0.3, 0.4) is 0 Å². The van der Waals surface area contributed by atoms with E-state index in [0.29, 0.717) is 5.56 Å². The monoisotopic (exact) mass is 255 g/mol. The summed E-state index contributed by atoms with van der Waals surface area (Å²) in [5.41, 5.74) is 9.50. The molecule has 1 saturated carbocycles. The molecule has 0 aromatic heterocycles. The van der Waals surface area contributed by atoms with Crippen LogP contribution >= 0.6 is 0 Å². The smallest absolute Gasteiger partial charge is 0.126 e. The zero-order valence-corrected chi connectivity index (χ0v) is 11.1. The predicted molar refractivity (Wildman–Crippen MR) is 75.4 cm³/mol. The zero-order chi connectivity index (χ0) is 13.5. The molecule has 1 unspecified atom stereocenters. The molecule has 98 valence electrons. The Hall–Kier alpha value is -1.67. The van der Waals surface area contributed by atoms with Gasteiger partial charge in [-0.2, -0.15) is 0 Å². The van der Waals surface area contributed by atoms with Gasteiger partial charge in [-0.05, 0) is 42.5 Å². The maximum absolute atomic E-state index is 13.4. The van der Waals surface area contributed by atoms with Gasteiger partial charge in [0.05, 0.1) is 0 Å². The summed E-state index contributed by atoms with van der Waals surface area (Å²) in [5, 5.41) is 0. The van der Waals surface area contributed by atoms with Gasteiger partial charge in [0.2, 0.25) is 0 Å². The van der Waals surface area contributed by atoms with E-state index in [1.165, 1.54) is 11.6 Å². The molecule has 1 aliphatic carbocycles. The summed E-state index contributed by atoms with van der Waals surface area (Å²) in [6.07, 6.45) is 2.21. The van der Waals surface area contributed by atoms with Crippen molar-refractivity contribution in [3.05, 3.63) is 71.0 Å². The lowest BCUT2D eigenvalue weighted by Gasteiger charge is -2.24. The lowest BCUT2D eigenvalue weighted by Crippen LogP contribution is -2.26. The fourth-order valence-corrected chi connectivity index (χ4v) is 2.86. The molecule has 0 heterocycles. The van der Waals surface area contributed by atoms with Gasteiger partial charge in [0.1, 0.15) is 5.82 Å². The van der Waals surface area contributed by atoms with Crippen molar-refractivity contribution in [2.75, 3.05) is 0 Å². The van der Waals surface area contributed by atoms with Crippen molar-refractivity contribution in [3.63, 3.8) is 0 Å². The number of rotatable bonds is 3. The number of aryl methyl sites for hydroxylation is 1. The molecule has 0 saturated heterocycles. The van der Waals surface area contributed by atoms with E-state index in [2.05, 4.69) is 24.3 Å². The van der Waals surface area contributed by atoms with Crippen molar-refractivity contribution in [3.8, 4) is 0 Å². The first-order valence-corrected chi connectivity index (χ1v) is 6.71. The van der Waals surface area contributed by atoms with E-state index in [4.69, 9.17) is 5.73 Å². The van der Waals surface area contributed by atoms with Crippen molar-refractivity contribution in [1.82, 2.24) is 0 Å². The number of hydrogen-bond donors (Lipinski definition) is 1. The number of halogens is 1. The Morgan fingerprint density at radius 3 is 2.37 bits per heavy atom. The second kappa shape index (κ2) is 4.46. The minimum absolute atomic E-state index is 0.0472. The molecule has 2 aromatic carbocycles. The molecule has 2 heteroatoms. The van der Waals surface area contributed by atoms with E-state index in [0.717, 1.165) is 18.4 Å². The average molecular weight is 255 g/mol. The predicted octanol–water partition coefficient (Wildman–Crippen LogP) is 3.87. The van der Waals surface area contributed by atoms with Gasteiger partial charge in [-0.15, -0.1) is 0 Å². The molecule has 2 N–H and O–H groups in total. The quantitative estimate of drug-likeness (QED) is 0.885. The first kappa shape index (κ1) is 12.4. The molecule has 1 aliphatic rings. The lowest BCUT2D eigenvalue weighted by molar-refractivity contribution is 0.538. The van der Waals surface area contributed by atoms with Crippen LogP contribution in [0.5, 0.6) is 0 Å². The summed E-state index contributed by atoms with van der Waals surface area (Å²) < 4.78 is 13.4. The highest BCUT2D eigenvalue weighted by molar-refractivity contribution is 5.39. The molecule has 0 bridgehead atoms. The third-order valence-electron chi connectivity index (χ3n) is 4.27. The Morgan fingerprint density at radius 2 is 1.79 bits per heavy atom. The molecule has 2 aromatic rings. The molecule has 3 rings (SSSR count). The van der Waals surface area contributed by atoms with Crippen molar-refractivity contribution < 1.29 is 4.39 Å². The van der Waals surface area contributed by atoms with Gasteiger partial charge >= 0.3 is 0 Å². The van der Waals surface area contributed by atoms with Crippen LogP contribution in [0.4, 0.5) is 4.39 Å². The van der Waals surface area contributed by atoms with Gasteiger partial charge in [0, 0.05) is 11.5 Å². The highest BCUT2D eigenvalue weighted by Gasteiger charge is 2.49. The van der Waals surface area contributed by atoms with Crippen LogP contribution in [0.2, 0.25) is 0 Å². The molecule has 1 nitrogen and oxygen atoms in total. The number of nitrogens with two attached hydrogens (primary N) is 1. The van der Waals surface area contributed by atoms with Gasteiger partial charge in [-0.25, -0.2) is 4.39 Å². The van der Waals surface area contributed by atoms with Gasteiger partial charge in [0.25, 0.3) is 0 Å². The Balaban J connectivity index is 1.96. The molecule has 0 radical (unpaired) electrons. The second-order valence-electron chi connectivity index (χ2n) is 5.51. The van der Waals surface area contributed by atoms with Crippen LogP contribution in [-0.2, 0) is 5.41 Å². The summed E-state index contributed by atoms with van der Waals surface area (Å²) in [5.74, 6) is -0.166. The van der Waals surface area contributed by atoms with Crippen molar-refractivity contribution in [1.29, 1.82) is 0 Å². The molecule has 1 fully saturated rings. The van der Waals surface area contributed by atoms with E-state index in [1.54, 1.807) is 6.92 Å². The van der Waals surface area contributed by atoms with E-state index in [9.17, 15) is 4.39 Å². The van der Waals surface area contributed by atoms with Crippen LogP contribution in [0.1, 0.15) is 35.6 Å². The van der Waals surface area contributed by atoms with Gasteiger partial charge in [0.15, 0.2) is 0 Å². The second-order valence-corrected chi connectivity index (χ2v) is 5.51. The van der Waals surface area contributed by atoms with Gasteiger partial charge in [-0.1, -0.05) is 42.5 Å². The molecular formula is C17H18FN. The summed E-state index contributed by atoms with van der Waals surface area (Å²) in [4.78, 5) is 0. The van der Waals surface area contributed by atoms with E-state index < -0.39 is 0 Å². The molecule has 0 aliphatic heterocycles. The highest BCUT2D eigenvalue weighted by Crippen LogP contribution is 2.55. The van der Waals surface area contributed by atoms with Crippen molar-refractivity contribution in [2.24, 2.45) is 5.73 Å². The standard InChI is InChI=1S/C17H18FN/c1-12-11-13(7-8-15(12)18)16(19)17(9-10-17)14-5-3-2-4-6-14/h2-8,11,16H,9-10,19H2,1H3. The van der Waals surface area contributed by atoms with Crippen molar-refractivity contribution >= 4 is 0 Å². The largest absolute Gasteiger partial charge is 0.323 e. The zero-order valence-electron chi connectivity index (χ0n) is 11.1. The van der Waals surface area contributed by atoms with E-state index >= 15 is 0 Å². The third kappa shape index (κ3) is 2.06. The van der Waals surface area contributed by atoms with Crippen LogP contribution in [0.15, 0.2) is 48.5 Å². The summed E-state index contributed by atoms with van der Waals surface area (Å²) >= 11 is 0. The Bertz CT molecular complexity index is 587. The van der Waals surface area contributed by atoms with Crippen LogP contribution in [0, 0.1) is 12.7 Å². The molecule has 19 heavy (non-hydrogen) atoms. The fraction of sp³-hybridized carbons (Fsp3) is 0.294. The molecular weight excluding hydrogens is 237 g/mol. The summed E-state index contributed by atoms with van der Waals surface area (Å²) in [6.45, 7) is 1.79. The summed E-state index contributed by atoms with van der Waals surface area (Å²) in [6, 6.07) is 15.6. The fourth-order valence-electron chi connectivity index (χ4n) is 2.86. The third-order valence-corrected chi connectivity index (χ3v) is 4.27. The SMILES string of the molecule is Cc1cc(C(N)C2(c3ccccc3)CC2)ccc1F. The first-order chi connectivity index (χ1) is 9.13. The first-order valence-electron chi connectivity index (χ1n) is 6.71. The molecule has 0 amide bonds. The van der Waals surface area contributed by atoms with Crippen molar-refractivity contribution in [2.45, 2.75) is 31.2 Å². The van der Waals surface area contributed by atoms with Gasteiger partial charge in [-0.3, -0.25) is 0 Å². The lowest BCUT2D eigenvalue weighted by atomic mass is 9.84. The minimum atomic E-state index is -0.166. The van der Waals surface area contributed by atoms with Gasteiger partial charge < -0.3 is 5.73 Å². The molecule has 0 spiro atoms. The van der Waals surface area contributed by atoms with Crippen LogP contribution in [0.25, 0.3) is 0 Å². The Morgan fingerprint density at radius 1 is 1.11 bits per heavy atom. The highest BCUT2D eigenvalue weighted by atomic mass is 19.1. The Kier molecular flexibility index (Phi) is 2.90. The van der Waals surface area contributed by atoms with E-state index in [-0.39, 0.29) is 17.3 Å². The normalized spacial score (nSPS) is 18.1. The topological polar surface area (TPSA) is 26.0 Å². The summed E-state index contributed by atoms with van der Waals surface area (Å²) in [7, 11) is 0. The maximum atomic E-state index is 13.4. The number of benzene rings is 2. The molecule has 1 atom stereocenters. The average Bonchev–Trinajstić information content (AvgIpc) is 3.24. The Labute approximate surface area is 113 Å². The minimum Gasteiger partial charge on any atom is -0.323 e.